The van der Waals surface area contributed by atoms with Crippen LogP contribution in [0.25, 0.3) is 0 Å². The minimum Gasteiger partial charge on any atom is -0.192 e. The molecule has 0 aromatic heterocycles. The van der Waals surface area contributed by atoms with Crippen molar-refractivity contribution in [1.82, 2.24) is 0 Å². The summed E-state index contributed by atoms with van der Waals surface area (Å²) >= 11 is 0. The Bertz CT molecular complexity index is 396. The number of nitrogens with zero attached hydrogens (tertiary/aromatic N) is 1. The van der Waals surface area contributed by atoms with Gasteiger partial charge in [0.2, 0.25) is 0 Å². The van der Waals surface area contributed by atoms with Gasteiger partial charge in [0.15, 0.2) is 0 Å². The molecule has 1 aromatic carbocycles. The fraction of sp³-hybridized carbons (Fsp3) is 0.611. The quantitative estimate of drug-likeness (QED) is 0.673. The van der Waals surface area contributed by atoms with Gasteiger partial charge >= 0.3 is 0 Å². The molecule has 20 heavy (non-hydrogen) atoms. The average molecular weight is 289 g/mol. The summed E-state index contributed by atoms with van der Waals surface area (Å²) in [5, 5.41) is 8.78. The van der Waals surface area contributed by atoms with Crippen molar-refractivity contribution < 1.29 is 0 Å². The Kier molecular flexibility index (Phi) is 8.56. The van der Waals surface area contributed by atoms with Gasteiger partial charge in [0, 0.05) is 0 Å². The molecule has 1 aromatic rings. The van der Waals surface area contributed by atoms with E-state index in [0.717, 1.165) is 17.4 Å². The molecule has 0 bridgehead atoms. The highest BCUT2D eigenvalue weighted by Crippen LogP contribution is 2.37. The summed E-state index contributed by atoms with van der Waals surface area (Å²) in [4.78, 5) is 0. The molecule has 1 nitrogen and oxygen atoms in total. The van der Waals surface area contributed by atoms with Crippen LogP contribution in [0.3, 0.4) is 0 Å². The lowest BCUT2D eigenvalue weighted by molar-refractivity contribution is 0.308. The van der Waals surface area contributed by atoms with E-state index in [1.807, 2.05) is 12.1 Å². The first-order valence-electron chi connectivity index (χ1n) is 7.95. The van der Waals surface area contributed by atoms with Crippen molar-refractivity contribution in [3.05, 3.63) is 35.4 Å². The van der Waals surface area contributed by atoms with Gasteiger partial charge in [-0.2, -0.15) is 5.26 Å². The van der Waals surface area contributed by atoms with Crippen LogP contribution in [0.15, 0.2) is 24.3 Å². The molecule has 1 aliphatic carbocycles. The van der Waals surface area contributed by atoms with E-state index in [1.54, 1.807) is 0 Å². The second-order valence-electron chi connectivity index (χ2n) is 5.65. The van der Waals surface area contributed by atoms with E-state index < -0.39 is 0 Å². The van der Waals surface area contributed by atoms with Crippen LogP contribution >= 0.6 is 9.24 Å². The molecule has 1 unspecified atom stereocenters. The lowest BCUT2D eigenvalue weighted by atomic mass is 9.77. The highest BCUT2D eigenvalue weighted by atomic mass is 31.0. The number of benzene rings is 1. The van der Waals surface area contributed by atoms with Gasteiger partial charge in [0.05, 0.1) is 11.6 Å². The van der Waals surface area contributed by atoms with Crippen molar-refractivity contribution >= 4 is 9.24 Å². The molecule has 110 valence electrons. The molecule has 1 aliphatic rings. The summed E-state index contributed by atoms with van der Waals surface area (Å²) < 4.78 is 0. The first-order valence-corrected chi connectivity index (χ1v) is 8.76. The topological polar surface area (TPSA) is 23.8 Å². The molecule has 1 fully saturated rings. The van der Waals surface area contributed by atoms with E-state index in [9.17, 15) is 0 Å². The van der Waals surface area contributed by atoms with Gasteiger partial charge in [-0.3, -0.25) is 0 Å². The Balaban J connectivity index is 0.000000612. The Morgan fingerprint density at radius 2 is 1.65 bits per heavy atom. The van der Waals surface area contributed by atoms with Gasteiger partial charge in [0.1, 0.15) is 0 Å². The third kappa shape index (κ3) is 5.64. The maximum Gasteiger partial charge on any atom is 0.0991 e. The standard InChI is InChI=1S/C16H21N.C2H7P/c1-2-3-13-4-8-15(9-5-13)16-10-6-14(12-17)7-11-16;1-2-3/h6-7,10-11,13,15H,2-5,8-9H2,1H3;2-3H2,1H3. The fourth-order valence-corrected chi connectivity index (χ4v) is 3.02. The maximum absolute atomic E-state index is 8.78. The molecule has 0 radical (unpaired) electrons. The average Bonchev–Trinajstić information content (AvgIpc) is 2.49. The SMILES string of the molecule is CCCC1CCC(c2ccc(C#N)cc2)CC1.CCP. The zero-order chi connectivity index (χ0) is 14.8. The fourth-order valence-electron chi connectivity index (χ4n) is 3.02. The predicted octanol–water partition coefficient (Wildman–Crippen LogP) is 5.51. The molecule has 0 spiro atoms. The minimum atomic E-state index is 0.732. The Morgan fingerprint density at radius 1 is 1.10 bits per heavy atom. The first-order chi connectivity index (χ1) is 9.74. The van der Waals surface area contributed by atoms with Gasteiger partial charge in [-0.25, -0.2) is 0 Å². The second-order valence-corrected chi connectivity index (χ2v) is 6.46. The van der Waals surface area contributed by atoms with Crippen molar-refractivity contribution in [2.24, 2.45) is 5.92 Å². The number of rotatable bonds is 3. The first kappa shape index (κ1) is 17.2. The van der Waals surface area contributed by atoms with E-state index in [1.165, 1.54) is 50.3 Å². The Morgan fingerprint density at radius 3 is 2.10 bits per heavy atom. The van der Waals surface area contributed by atoms with E-state index in [4.69, 9.17) is 5.26 Å². The highest BCUT2D eigenvalue weighted by molar-refractivity contribution is 7.16. The van der Waals surface area contributed by atoms with Crippen LogP contribution in [0.1, 0.15) is 69.4 Å². The number of hydrogen-bond acceptors (Lipinski definition) is 1. The maximum atomic E-state index is 8.78. The molecular formula is C18H28NP. The minimum absolute atomic E-state index is 0.732. The van der Waals surface area contributed by atoms with Gasteiger partial charge < -0.3 is 0 Å². The molecule has 0 aliphatic heterocycles. The number of nitriles is 1. The zero-order valence-electron chi connectivity index (χ0n) is 12.9. The largest absolute Gasteiger partial charge is 0.192 e. The van der Waals surface area contributed by atoms with Crippen LogP contribution in [0.2, 0.25) is 0 Å². The molecule has 0 saturated heterocycles. The summed E-state index contributed by atoms with van der Waals surface area (Å²) in [6.07, 6.45) is 9.33. The van der Waals surface area contributed by atoms with Crippen molar-refractivity contribution in [3.63, 3.8) is 0 Å². The smallest absolute Gasteiger partial charge is 0.0991 e. The summed E-state index contributed by atoms with van der Waals surface area (Å²) in [6, 6.07) is 10.4. The van der Waals surface area contributed by atoms with E-state index >= 15 is 0 Å². The lowest BCUT2D eigenvalue weighted by Crippen LogP contribution is -2.13. The molecule has 0 amide bonds. The van der Waals surface area contributed by atoms with Crippen LogP contribution in [0.4, 0.5) is 0 Å². The van der Waals surface area contributed by atoms with Crippen LogP contribution in [0.5, 0.6) is 0 Å². The molecule has 1 atom stereocenters. The molecule has 1 saturated carbocycles. The van der Waals surface area contributed by atoms with Crippen LogP contribution in [-0.2, 0) is 0 Å². The molecule has 0 heterocycles. The van der Waals surface area contributed by atoms with Crippen molar-refractivity contribution in [2.45, 2.75) is 58.3 Å². The Labute approximate surface area is 127 Å². The van der Waals surface area contributed by atoms with E-state index in [-0.39, 0.29) is 0 Å². The predicted molar refractivity (Wildman–Crippen MR) is 91.0 cm³/mol. The van der Waals surface area contributed by atoms with Gasteiger partial charge in [-0.15, -0.1) is 9.24 Å². The van der Waals surface area contributed by atoms with Crippen molar-refractivity contribution in [2.75, 3.05) is 6.16 Å². The van der Waals surface area contributed by atoms with Gasteiger partial charge in [0.25, 0.3) is 0 Å². The van der Waals surface area contributed by atoms with Crippen LogP contribution in [-0.4, -0.2) is 6.16 Å². The molecule has 2 rings (SSSR count). The van der Waals surface area contributed by atoms with Gasteiger partial charge in [-0.1, -0.05) is 38.8 Å². The molecular weight excluding hydrogens is 261 g/mol. The summed E-state index contributed by atoms with van der Waals surface area (Å²) in [5.41, 5.74) is 2.20. The third-order valence-electron chi connectivity index (χ3n) is 4.05. The van der Waals surface area contributed by atoms with Crippen molar-refractivity contribution in [3.8, 4) is 6.07 Å². The van der Waals surface area contributed by atoms with Crippen LogP contribution in [0, 0.1) is 17.2 Å². The van der Waals surface area contributed by atoms with E-state index in [0.29, 0.717) is 0 Å². The Hall–Kier alpha value is -0.860. The zero-order valence-corrected chi connectivity index (χ0v) is 14.1. The normalized spacial score (nSPS) is 21.5. The van der Waals surface area contributed by atoms with Crippen LogP contribution < -0.4 is 0 Å². The summed E-state index contributed by atoms with van der Waals surface area (Å²) in [7, 11) is 2.58. The highest BCUT2D eigenvalue weighted by Gasteiger charge is 2.21. The summed E-state index contributed by atoms with van der Waals surface area (Å²) in [6.45, 7) is 4.37. The third-order valence-corrected chi connectivity index (χ3v) is 4.05. The summed E-state index contributed by atoms with van der Waals surface area (Å²) in [5.74, 6) is 1.70. The van der Waals surface area contributed by atoms with Gasteiger partial charge in [-0.05, 0) is 61.4 Å². The lowest BCUT2D eigenvalue weighted by Gasteiger charge is -2.28. The monoisotopic (exact) mass is 289 g/mol. The second kappa shape index (κ2) is 9.95. The van der Waals surface area contributed by atoms with Crippen molar-refractivity contribution in [1.29, 1.82) is 5.26 Å². The van der Waals surface area contributed by atoms with E-state index in [2.05, 4.69) is 41.3 Å². The number of hydrogen-bond donors (Lipinski definition) is 0. The molecule has 2 heteroatoms. The molecule has 0 N–H and O–H groups in total.